The maximum atomic E-state index is 11.5. The Bertz CT molecular complexity index is 294. The zero-order chi connectivity index (χ0) is 13.9. The standard InChI is InChI=1S/C9H18N2O6S/c10-3(2-18)8(15)11-5-7(14)6(13)4(1-12)17-9(5)16/h3-7,9,12-14,16,18H,1-2,10H2,(H,11,15)/t3-,4+,5+,6+,7+,9-/m0/s1. The molecule has 1 rings (SSSR count). The van der Waals surface area contributed by atoms with Crippen molar-refractivity contribution in [3.8, 4) is 0 Å². The van der Waals surface area contributed by atoms with Crippen molar-refractivity contribution in [2.45, 2.75) is 36.7 Å². The molecule has 7 N–H and O–H groups in total. The van der Waals surface area contributed by atoms with Crippen molar-refractivity contribution in [3.63, 3.8) is 0 Å². The number of nitrogens with two attached hydrogens (primary N) is 1. The van der Waals surface area contributed by atoms with Crippen molar-refractivity contribution in [3.05, 3.63) is 0 Å². The van der Waals surface area contributed by atoms with Crippen LogP contribution in [0.15, 0.2) is 0 Å². The minimum atomic E-state index is -1.54. The molecule has 6 atom stereocenters. The Morgan fingerprint density at radius 2 is 2.00 bits per heavy atom. The lowest BCUT2D eigenvalue weighted by Gasteiger charge is -2.40. The highest BCUT2D eigenvalue weighted by molar-refractivity contribution is 7.80. The van der Waals surface area contributed by atoms with E-state index in [2.05, 4.69) is 17.9 Å². The molecule has 1 aliphatic rings. The first-order valence-corrected chi connectivity index (χ1v) is 6.03. The van der Waals surface area contributed by atoms with Gasteiger partial charge in [0.05, 0.1) is 12.6 Å². The number of carbonyl (C=O) groups is 1. The fourth-order valence-corrected chi connectivity index (χ4v) is 1.77. The number of thiol groups is 1. The molecule has 0 aromatic heterocycles. The van der Waals surface area contributed by atoms with Gasteiger partial charge in [-0.2, -0.15) is 12.6 Å². The summed E-state index contributed by atoms with van der Waals surface area (Å²) < 4.78 is 4.87. The van der Waals surface area contributed by atoms with Crippen molar-refractivity contribution in [2.24, 2.45) is 5.73 Å². The fourth-order valence-electron chi connectivity index (χ4n) is 1.61. The van der Waals surface area contributed by atoms with Gasteiger partial charge in [-0.25, -0.2) is 0 Å². The van der Waals surface area contributed by atoms with Crippen LogP contribution in [0, 0.1) is 0 Å². The first-order valence-electron chi connectivity index (χ1n) is 5.39. The maximum absolute atomic E-state index is 11.5. The number of carbonyl (C=O) groups excluding carboxylic acids is 1. The third-order valence-corrected chi connectivity index (χ3v) is 3.14. The highest BCUT2D eigenvalue weighted by Gasteiger charge is 2.44. The van der Waals surface area contributed by atoms with E-state index in [0.717, 1.165) is 0 Å². The largest absolute Gasteiger partial charge is 0.394 e. The molecule has 0 aromatic carbocycles. The summed E-state index contributed by atoms with van der Waals surface area (Å²) in [4.78, 5) is 11.5. The summed E-state index contributed by atoms with van der Waals surface area (Å²) in [5, 5.41) is 40.0. The Kier molecular flexibility index (Phi) is 5.79. The molecule has 0 aliphatic carbocycles. The fraction of sp³-hybridized carbons (Fsp3) is 0.889. The first kappa shape index (κ1) is 15.6. The van der Waals surface area contributed by atoms with E-state index in [1.54, 1.807) is 0 Å². The number of aliphatic hydroxyl groups excluding tert-OH is 4. The Labute approximate surface area is 109 Å². The zero-order valence-corrected chi connectivity index (χ0v) is 10.4. The summed E-state index contributed by atoms with van der Waals surface area (Å²) in [7, 11) is 0. The van der Waals surface area contributed by atoms with Crippen LogP contribution in [0.5, 0.6) is 0 Å². The molecule has 106 valence electrons. The molecule has 0 saturated carbocycles. The van der Waals surface area contributed by atoms with Crippen LogP contribution in [0.2, 0.25) is 0 Å². The highest BCUT2D eigenvalue weighted by Crippen LogP contribution is 2.19. The third-order valence-electron chi connectivity index (χ3n) is 2.74. The molecular weight excluding hydrogens is 264 g/mol. The van der Waals surface area contributed by atoms with Crippen molar-refractivity contribution < 1.29 is 30.0 Å². The number of amides is 1. The predicted molar refractivity (Wildman–Crippen MR) is 63.7 cm³/mol. The molecule has 1 amide bonds. The molecule has 0 unspecified atom stereocenters. The maximum Gasteiger partial charge on any atom is 0.238 e. The number of hydrogen-bond donors (Lipinski definition) is 7. The Hall–Kier alpha value is -0.420. The van der Waals surface area contributed by atoms with Crippen LogP contribution in [0.25, 0.3) is 0 Å². The van der Waals surface area contributed by atoms with Gasteiger partial charge in [0.15, 0.2) is 6.29 Å². The molecule has 1 saturated heterocycles. The highest BCUT2D eigenvalue weighted by atomic mass is 32.1. The van der Waals surface area contributed by atoms with Gasteiger partial charge in [-0.05, 0) is 0 Å². The van der Waals surface area contributed by atoms with Crippen LogP contribution in [0.4, 0.5) is 0 Å². The molecular formula is C9H18N2O6S. The first-order chi connectivity index (χ1) is 8.42. The second-order valence-corrected chi connectivity index (χ2v) is 4.42. The van der Waals surface area contributed by atoms with E-state index in [0.29, 0.717) is 0 Å². The lowest BCUT2D eigenvalue weighted by atomic mass is 9.97. The molecule has 1 heterocycles. The summed E-state index contributed by atoms with van der Waals surface area (Å²) in [6, 6.07) is -2.12. The molecule has 18 heavy (non-hydrogen) atoms. The van der Waals surface area contributed by atoms with E-state index in [9.17, 15) is 20.1 Å². The normalized spacial score (nSPS) is 38.2. The number of rotatable bonds is 4. The molecule has 0 bridgehead atoms. The lowest BCUT2D eigenvalue weighted by Crippen LogP contribution is -2.65. The monoisotopic (exact) mass is 282 g/mol. The molecule has 1 aliphatic heterocycles. The van der Waals surface area contributed by atoms with Crippen LogP contribution in [0.1, 0.15) is 0 Å². The van der Waals surface area contributed by atoms with Crippen molar-refractivity contribution in [2.75, 3.05) is 12.4 Å². The van der Waals surface area contributed by atoms with Crippen molar-refractivity contribution in [1.82, 2.24) is 5.32 Å². The smallest absolute Gasteiger partial charge is 0.238 e. The van der Waals surface area contributed by atoms with Crippen LogP contribution in [-0.2, 0) is 9.53 Å². The van der Waals surface area contributed by atoms with Crippen molar-refractivity contribution >= 4 is 18.5 Å². The van der Waals surface area contributed by atoms with Gasteiger partial charge in [0.1, 0.15) is 24.4 Å². The molecule has 0 aromatic rings. The van der Waals surface area contributed by atoms with Gasteiger partial charge in [-0.15, -0.1) is 0 Å². The topological polar surface area (TPSA) is 145 Å². The summed E-state index contributed by atoms with van der Waals surface area (Å²) in [5.41, 5.74) is 5.42. The number of aliphatic hydroxyl groups is 4. The Morgan fingerprint density at radius 3 is 2.50 bits per heavy atom. The number of hydrogen-bond acceptors (Lipinski definition) is 8. The summed E-state index contributed by atoms with van der Waals surface area (Å²) in [6.07, 6.45) is -5.55. The summed E-state index contributed by atoms with van der Waals surface area (Å²) in [6.45, 7) is -0.563. The SMILES string of the molecule is N[C@@H](CS)C(=O)N[C@@H]1[C@@H](O)[C@H](O)[C@@H](CO)O[C@@H]1O. The van der Waals surface area contributed by atoms with E-state index >= 15 is 0 Å². The Balaban J connectivity index is 2.68. The van der Waals surface area contributed by atoms with E-state index < -0.39 is 49.2 Å². The molecule has 8 nitrogen and oxygen atoms in total. The molecule has 9 heteroatoms. The Morgan fingerprint density at radius 1 is 1.39 bits per heavy atom. The zero-order valence-electron chi connectivity index (χ0n) is 9.51. The predicted octanol–water partition coefficient (Wildman–Crippen LogP) is -3.84. The molecule has 0 radical (unpaired) electrons. The van der Waals surface area contributed by atoms with E-state index in [1.807, 2.05) is 0 Å². The minimum absolute atomic E-state index is 0.0907. The number of ether oxygens (including phenoxy) is 1. The van der Waals surface area contributed by atoms with Gasteiger partial charge in [-0.1, -0.05) is 0 Å². The second-order valence-electron chi connectivity index (χ2n) is 4.05. The average molecular weight is 282 g/mol. The van der Waals surface area contributed by atoms with E-state index in [-0.39, 0.29) is 5.75 Å². The second kappa shape index (κ2) is 6.66. The van der Waals surface area contributed by atoms with Crippen LogP contribution >= 0.6 is 12.6 Å². The number of nitrogens with one attached hydrogen (secondary N) is 1. The van der Waals surface area contributed by atoms with Crippen molar-refractivity contribution in [1.29, 1.82) is 0 Å². The van der Waals surface area contributed by atoms with Gasteiger partial charge in [-0.3, -0.25) is 4.79 Å². The molecule has 0 spiro atoms. The van der Waals surface area contributed by atoms with Gasteiger partial charge in [0, 0.05) is 5.75 Å². The third kappa shape index (κ3) is 3.32. The van der Waals surface area contributed by atoms with E-state index in [4.69, 9.17) is 15.6 Å². The van der Waals surface area contributed by atoms with Gasteiger partial charge < -0.3 is 36.2 Å². The minimum Gasteiger partial charge on any atom is -0.394 e. The molecule has 1 fully saturated rings. The van der Waals surface area contributed by atoms with Gasteiger partial charge in [0.25, 0.3) is 0 Å². The van der Waals surface area contributed by atoms with Crippen LogP contribution < -0.4 is 11.1 Å². The van der Waals surface area contributed by atoms with Crippen LogP contribution in [-0.4, -0.2) is 75.4 Å². The average Bonchev–Trinajstić information content (AvgIpc) is 2.37. The van der Waals surface area contributed by atoms with E-state index in [1.165, 1.54) is 0 Å². The quantitative estimate of drug-likeness (QED) is 0.261. The van der Waals surface area contributed by atoms with Gasteiger partial charge >= 0.3 is 0 Å². The summed E-state index contributed by atoms with van der Waals surface area (Å²) >= 11 is 3.84. The van der Waals surface area contributed by atoms with Crippen LogP contribution in [0.3, 0.4) is 0 Å². The lowest BCUT2D eigenvalue weighted by molar-refractivity contribution is -0.253. The summed E-state index contributed by atoms with van der Waals surface area (Å²) in [5.74, 6) is -0.542. The van der Waals surface area contributed by atoms with Gasteiger partial charge in [0.2, 0.25) is 5.91 Å².